The number of alkyl halides is 3. The summed E-state index contributed by atoms with van der Waals surface area (Å²) in [6, 6.07) is 11.2. The molecule has 1 N–H and O–H groups in total. The Morgan fingerprint density at radius 2 is 1.47 bits per heavy atom. The molecule has 0 saturated carbocycles. The average molecular weight is 496 g/mol. The lowest BCUT2D eigenvalue weighted by Crippen LogP contribution is -2.25. The molecule has 0 heterocycles. The van der Waals surface area contributed by atoms with E-state index in [1.807, 2.05) is 41.5 Å². The topological polar surface area (TPSA) is 87.4 Å². The summed E-state index contributed by atoms with van der Waals surface area (Å²) in [6.07, 6.45) is -4.25. The SMILES string of the molecule is CC(C)(C)c1cc(/C=C(\C#N)S(=O)(=O)C(OC(F)(F)F)c2ccccc2)cc(C(C)(C)C)c1O. The summed E-state index contributed by atoms with van der Waals surface area (Å²) in [5.41, 5.74) is -2.53. The van der Waals surface area contributed by atoms with Crippen LogP contribution < -0.4 is 0 Å². The second-order valence-electron chi connectivity index (χ2n) is 9.94. The fourth-order valence-corrected chi connectivity index (χ4v) is 4.78. The van der Waals surface area contributed by atoms with Crippen molar-refractivity contribution in [3.63, 3.8) is 0 Å². The summed E-state index contributed by atoms with van der Waals surface area (Å²) in [5.74, 6) is 0.0427. The Hall–Kier alpha value is -2.83. The van der Waals surface area contributed by atoms with E-state index >= 15 is 0 Å². The van der Waals surface area contributed by atoms with Crippen LogP contribution in [-0.4, -0.2) is 19.9 Å². The van der Waals surface area contributed by atoms with Gasteiger partial charge in [0.2, 0.25) is 9.84 Å². The third kappa shape index (κ3) is 6.39. The molecule has 0 aliphatic rings. The van der Waals surface area contributed by atoms with E-state index in [9.17, 15) is 32.0 Å². The summed E-state index contributed by atoms with van der Waals surface area (Å²) in [5, 5.41) is 20.5. The fourth-order valence-electron chi connectivity index (χ4n) is 3.37. The summed E-state index contributed by atoms with van der Waals surface area (Å²) in [7, 11) is -4.91. The zero-order chi connectivity index (χ0) is 26.1. The van der Waals surface area contributed by atoms with Crippen LogP contribution in [-0.2, 0) is 25.4 Å². The number of nitrogens with zero attached hydrogens (tertiary/aromatic N) is 1. The number of sulfone groups is 1. The maximum absolute atomic E-state index is 13.2. The van der Waals surface area contributed by atoms with Crippen LogP contribution in [0.15, 0.2) is 47.4 Å². The molecule has 0 radical (unpaired) electrons. The number of nitriles is 1. The molecule has 1 unspecified atom stereocenters. The van der Waals surface area contributed by atoms with Gasteiger partial charge in [0.05, 0.1) is 0 Å². The molecule has 34 heavy (non-hydrogen) atoms. The van der Waals surface area contributed by atoms with Gasteiger partial charge in [-0.25, -0.2) is 8.42 Å². The molecular weight excluding hydrogens is 467 g/mol. The predicted octanol–water partition coefficient (Wildman–Crippen LogP) is 6.50. The molecule has 1 atom stereocenters. The lowest BCUT2D eigenvalue weighted by molar-refractivity contribution is -0.332. The molecule has 0 amide bonds. The molecule has 2 aromatic carbocycles. The minimum absolute atomic E-state index is 0.0427. The van der Waals surface area contributed by atoms with Crippen LogP contribution in [0, 0.1) is 11.3 Å². The van der Waals surface area contributed by atoms with Crippen molar-refractivity contribution >= 4 is 15.9 Å². The second-order valence-corrected chi connectivity index (χ2v) is 11.9. The van der Waals surface area contributed by atoms with Gasteiger partial charge in [0, 0.05) is 11.1 Å². The maximum Gasteiger partial charge on any atom is 0.524 e. The summed E-state index contributed by atoms with van der Waals surface area (Å²) in [4.78, 5) is -0.893. The number of phenolic OH excluding ortho intramolecular Hbond substituents is 1. The molecule has 2 aromatic rings. The van der Waals surface area contributed by atoms with E-state index in [-0.39, 0.29) is 16.9 Å². The molecule has 2 rings (SSSR count). The monoisotopic (exact) mass is 495 g/mol. The highest BCUT2D eigenvalue weighted by Gasteiger charge is 2.42. The third-order valence-electron chi connectivity index (χ3n) is 5.06. The van der Waals surface area contributed by atoms with Crippen molar-refractivity contribution < 1.29 is 31.4 Å². The van der Waals surface area contributed by atoms with Crippen LogP contribution in [0.4, 0.5) is 13.2 Å². The van der Waals surface area contributed by atoms with Gasteiger partial charge in [-0.2, -0.15) is 5.26 Å². The van der Waals surface area contributed by atoms with Gasteiger partial charge in [0.25, 0.3) is 0 Å². The Bertz CT molecular complexity index is 1180. The molecular formula is C25H28F3NO4S. The van der Waals surface area contributed by atoms with Crippen molar-refractivity contribution in [3.05, 3.63) is 69.6 Å². The standard InChI is InChI=1S/C25H28F3NO4S/c1-23(2,3)19-13-16(14-20(21(19)30)24(4,5)6)12-18(15-29)34(31,32)22(33-25(26,27)28)17-10-8-7-9-11-17/h7-14,22,30H,1-6H3/b18-12+. The summed E-state index contributed by atoms with van der Waals surface area (Å²) < 4.78 is 69.7. The van der Waals surface area contributed by atoms with Crippen LogP contribution in [0.3, 0.4) is 0 Å². The fraction of sp³-hybridized carbons (Fsp3) is 0.400. The molecule has 5 nitrogen and oxygen atoms in total. The third-order valence-corrected chi connectivity index (χ3v) is 6.81. The van der Waals surface area contributed by atoms with Crippen LogP contribution in [0.2, 0.25) is 0 Å². The summed E-state index contributed by atoms with van der Waals surface area (Å²) in [6.45, 7) is 11.1. The van der Waals surface area contributed by atoms with Gasteiger partial charge in [-0.05, 0) is 40.2 Å². The molecule has 0 aliphatic heterocycles. The van der Waals surface area contributed by atoms with Crippen molar-refractivity contribution in [3.8, 4) is 11.8 Å². The van der Waals surface area contributed by atoms with E-state index in [1.54, 1.807) is 0 Å². The first-order valence-electron chi connectivity index (χ1n) is 10.4. The number of aromatic hydroxyl groups is 1. The normalized spacial score (nSPS) is 14.5. The first-order valence-corrected chi connectivity index (χ1v) is 12.0. The predicted molar refractivity (Wildman–Crippen MR) is 124 cm³/mol. The minimum atomic E-state index is -5.26. The smallest absolute Gasteiger partial charge is 0.507 e. The Morgan fingerprint density at radius 3 is 1.85 bits per heavy atom. The van der Waals surface area contributed by atoms with E-state index in [2.05, 4.69) is 4.74 Å². The molecule has 0 bridgehead atoms. The van der Waals surface area contributed by atoms with Crippen LogP contribution in [0.25, 0.3) is 6.08 Å². The first kappa shape index (κ1) is 27.4. The number of phenols is 1. The highest BCUT2D eigenvalue weighted by molar-refractivity contribution is 7.95. The number of ether oxygens (including phenoxy) is 1. The Kier molecular flexibility index (Phi) is 7.61. The Labute approximate surface area is 198 Å². The number of rotatable bonds is 5. The molecule has 0 spiro atoms. The van der Waals surface area contributed by atoms with Crippen LogP contribution in [0.1, 0.15) is 69.2 Å². The molecule has 0 aromatic heterocycles. The molecule has 184 valence electrons. The van der Waals surface area contributed by atoms with Crippen LogP contribution >= 0.6 is 0 Å². The van der Waals surface area contributed by atoms with Crippen molar-refractivity contribution in [2.45, 2.75) is 64.2 Å². The van der Waals surface area contributed by atoms with Crippen LogP contribution in [0.5, 0.6) is 5.75 Å². The number of allylic oxidation sites excluding steroid dienone is 1. The highest BCUT2D eigenvalue weighted by atomic mass is 32.2. The van der Waals surface area contributed by atoms with Gasteiger partial charge < -0.3 is 5.11 Å². The van der Waals surface area contributed by atoms with Gasteiger partial charge >= 0.3 is 6.36 Å². The molecule has 9 heteroatoms. The van der Waals surface area contributed by atoms with Gasteiger partial charge in [0.1, 0.15) is 16.7 Å². The quantitative estimate of drug-likeness (QED) is 0.478. The van der Waals surface area contributed by atoms with Crippen molar-refractivity contribution in [1.82, 2.24) is 0 Å². The van der Waals surface area contributed by atoms with Gasteiger partial charge in [0.15, 0.2) is 5.44 Å². The number of halogens is 3. The molecule has 0 fully saturated rings. The number of hydrogen-bond acceptors (Lipinski definition) is 5. The Morgan fingerprint density at radius 1 is 1.00 bits per heavy atom. The molecule has 0 aliphatic carbocycles. The minimum Gasteiger partial charge on any atom is -0.507 e. The number of benzene rings is 2. The van der Waals surface area contributed by atoms with Gasteiger partial charge in [-0.3, -0.25) is 4.74 Å². The summed E-state index contributed by atoms with van der Waals surface area (Å²) >= 11 is 0. The zero-order valence-electron chi connectivity index (χ0n) is 19.9. The molecule has 0 saturated heterocycles. The van der Waals surface area contributed by atoms with Gasteiger partial charge in [-0.15, -0.1) is 13.2 Å². The second kappa shape index (κ2) is 9.43. The largest absolute Gasteiger partial charge is 0.524 e. The first-order chi connectivity index (χ1) is 15.4. The van der Waals surface area contributed by atoms with Crippen molar-refractivity contribution in [1.29, 1.82) is 5.26 Å². The average Bonchev–Trinajstić information content (AvgIpc) is 2.69. The van der Waals surface area contributed by atoms with Crippen molar-refractivity contribution in [2.75, 3.05) is 0 Å². The van der Waals surface area contributed by atoms with E-state index in [0.29, 0.717) is 11.1 Å². The Balaban J connectivity index is 2.77. The zero-order valence-corrected chi connectivity index (χ0v) is 20.7. The van der Waals surface area contributed by atoms with E-state index in [0.717, 1.165) is 6.08 Å². The highest BCUT2D eigenvalue weighted by Crippen LogP contribution is 2.41. The maximum atomic E-state index is 13.2. The van der Waals surface area contributed by atoms with Gasteiger partial charge in [-0.1, -0.05) is 71.9 Å². The van der Waals surface area contributed by atoms with E-state index in [1.165, 1.54) is 48.5 Å². The lowest BCUT2D eigenvalue weighted by Gasteiger charge is -2.28. The van der Waals surface area contributed by atoms with E-state index in [4.69, 9.17) is 0 Å². The van der Waals surface area contributed by atoms with Crippen molar-refractivity contribution in [2.24, 2.45) is 0 Å². The lowest BCUT2D eigenvalue weighted by atomic mass is 9.78. The van der Waals surface area contributed by atoms with E-state index < -0.39 is 37.4 Å². The number of hydrogen-bond donors (Lipinski definition) is 1.